The molecule has 0 aliphatic carbocycles. The monoisotopic (exact) mass is 626 g/mol. The van der Waals surface area contributed by atoms with Gasteiger partial charge in [0.15, 0.2) is 0 Å². The molecule has 43 heavy (non-hydrogen) atoms. The van der Waals surface area contributed by atoms with Crippen molar-refractivity contribution in [2.75, 3.05) is 30.5 Å². The van der Waals surface area contributed by atoms with Gasteiger partial charge in [0.1, 0.15) is 17.7 Å². The molecule has 228 valence electrons. The highest BCUT2D eigenvalue weighted by molar-refractivity contribution is 7.92. The summed E-state index contributed by atoms with van der Waals surface area (Å²) in [7, 11) is -3.92. The standard InChI is InChI=1S/C33H36ClFN2O5S/c1-22-6-3-8-27(18-22)43(40,41)37-21-26(7-5-15-36-16-13-25(14-17-36)33(38)39)42-31-12-11-24(20-30(31)37)19-23(2)32-28(34)9-4-10-29(32)35/h3-4,6,8-12,18-20,25-26H,5,7,13-17,21H2,1-2H3,(H,38,39)/b23-19+/t26-/m0/s1. The lowest BCUT2D eigenvalue weighted by Crippen LogP contribution is -2.44. The van der Waals surface area contributed by atoms with E-state index in [1.807, 2.05) is 19.1 Å². The van der Waals surface area contributed by atoms with Crippen molar-refractivity contribution in [3.05, 3.63) is 88.2 Å². The Balaban J connectivity index is 1.40. The predicted octanol–water partition coefficient (Wildman–Crippen LogP) is 6.88. The summed E-state index contributed by atoms with van der Waals surface area (Å²) in [5.74, 6) is -0.968. The molecule has 2 heterocycles. The minimum Gasteiger partial charge on any atom is -0.486 e. The van der Waals surface area contributed by atoms with E-state index in [0.29, 0.717) is 52.4 Å². The second-order valence-electron chi connectivity index (χ2n) is 11.3. The molecule has 10 heteroatoms. The Labute approximate surface area is 257 Å². The molecule has 7 nitrogen and oxygen atoms in total. The Bertz CT molecular complexity index is 1620. The van der Waals surface area contributed by atoms with E-state index >= 15 is 0 Å². The van der Waals surface area contributed by atoms with Gasteiger partial charge in [-0.2, -0.15) is 0 Å². The van der Waals surface area contributed by atoms with Gasteiger partial charge in [-0.3, -0.25) is 9.10 Å². The average molecular weight is 627 g/mol. The van der Waals surface area contributed by atoms with E-state index in [0.717, 1.165) is 31.6 Å². The number of rotatable bonds is 9. The smallest absolute Gasteiger partial charge is 0.306 e. The maximum atomic E-state index is 14.6. The number of fused-ring (bicyclic) bond motifs is 1. The van der Waals surface area contributed by atoms with E-state index in [1.165, 1.54) is 10.4 Å². The zero-order valence-corrected chi connectivity index (χ0v) is 25.9. The summed E-state index contributed by atoms with van der Waals surface area (Å²) in [6.07, 6.45) is 4.14. The SMILES string of the molecule is C/C(=C\c1ccc2c(c1)N(S(=O)(=O)c1cccc(C)c1)C[C@H](CCCN1CCC(C(=O)O)CC1)O2)c1c(F)cccc1Cl. The van der Waals surface area contributed by atoms with Crippen LogP contribution in [0.15, 0.2) is 65.6 Å². The molecule has 0 bridgehead atoms. The number of benzene rings is 3. The summed E-state index contributed by atoms with van der Waals surface area (Å²) in [5, 5.41) is 9.56. The van der Waals surface area contributed by atoms with Crippen molar-refractivity contribution in [1.29, 1.82) is 0 Å². The second-order valence-corrected chi connectivity index (χ2v) is 13.6. The molecule has 0 radical (unpaired) electrons. The minimum absolute atomic E-state index is 0.148. The number of hydrogen-bond donors (Lipinski definition) is 1. The Hall–Kier alpha value is -3.40. The molecular formula is C33H36ClFN2O5S. The van der Waals surface area contributed by atoms with E-state index < -0.39 is 21.8 Å². The molecule has 0 aromatic heterocycles. The van der Waals surface area contributed by atoms with Crippen LogP contribution in [0.2, 0.25) is 5.02 Å². The molecule has 2 aliphatic heterocycles. The van der Waals surface area contributed by atoms with Crippen molar-refractivity contribution in [3.8, 4) is 5.75 Å². The van der Waals surface area contributed by atoms with Gasteiger partial charge in [-0.15, -0.1) is 0 Å². The number of hydrogen-bond acceptors (Lipinski definition) is 5. The summed E-state index contributed by atoms with van der Waals surface area (Å²) in [4.78, 5) is 13.7. The molecule has 0 spiro atoms. The summed E-state index contributed by atoms with van der Waals surface area (Å²) >= 11 is 6.28. The van der Waals surface area contributed by atoms with Crippen molar-refractivity contribution >= 4 is 44.9 Å². The maximum absolute atomic E-state index is 14.6. The maximum Gasteiger partial charge on any atom is 0.306 e. The van der Waals surface area contributed by atoms with E-state index in [4.69, 9.17) is 16.3 Å². The van der Waals surface area contributed by atoms with Crippen molar-refractivity contribution < 1.29 is 27.4 Å². The van der Waals surface area contributed by atoms with Crippen LogP contribution in [0.3, 0.4) is 0 Å². The predicted molar refractivity (Wildman–Crippen MR) is 168 cm³/mol. The molecule has 3 aromatic rings. The lowest BCUT2D eigenvalue weighted by Gasteiger charge is -2.36. The summed E-state index contributed by atoms with van der Waals surface area (Å²) < 4.78 is 50.4. The minimum atomic E-state index is -3.92. The van der Waals surface area contributed by atoms with E-state index in [1.54, 1.807) is 55.5 Å². The van der Waals surface area contributed by atoms with Gasteiger partial charge in [0.2, 0.25) is 0 Å². The number of carbonyl (C=O) groups is 1. The molecule has 0 unspecified atom stereocenters. The van der Waals surface area contributed by atoms with Crippen molar-refractivity contribution in [1.82, 2.24) is 4.90 Å². The van der Waals surface area contributed by atoms with Crippen LogP contribution < -0.4 is 9.04 Å². The zero-order valence-electron chi connectivity index (χ0n) is 24.3. The third-order valence-electron chi connectivity index (χ3n) is 8.17. The largest absolute Gasteiger partial charge is 0.486 e. The van der Waals surface area contributed by atoms with Gasteiger partial charge in [-0.1, -0.05) is 41.9 Å². The number of likely N-dealkylation sites (tertiary alicyclic amines) is 1. The first kappa shape index (κ1) is 31.0. The Kier molecular flexibility index (Phi) is 9.44. The fourth-order valence-corrected chi connectivity index (χ4v) is 7.76. The zero-order chi connectivity index (χ0) is 30.7. The Morgan fingerprint density at radius 1 is 1.12 bits per heavy atom. The number of carboxylic acid groups (broad SMARTS) is 1. The highest BCUT2D eigenvalue weighted by Gasteiger charge is 2.35. The topological polar surface area (TPSA) is 87.2 Å². The van der Waals surface area contributed by atoms with Crippen molar-refractivity contribution in [2.24, 2.45) is 5.92 Å². The van der Waals surface area contributed by atoms with Crippen LogP contribution in [0.5, 0.6) is 5.75 Å². The van der Waals surface area contributed by atoms with Gasteiger partial charge in [-0.25, -0.2) is 12.8 Å². The molecule has 1 saturated heterocycles. The van der Waals surface area contributed by atoms with Gasteiger partial charge in [0, 0.05) is 5.56 Å². The number of nitrogens with zero attached hydrogens (tertiary/aromatic N) is 2. The Morgan fingerprint density at radius 2 is 1.86 bits per heavy atom. The van der Waals surface area contributed by atoms with Crippen LogP contribution in [0, 0.1) is 18.7 Å². The molecule has 5 rings (SSSR count). The summed E-state index contributed by atoms with van der Waals surface area (Å²) in [5.41, 5.74) is 2.86. The number of anilines is 1. The summed E-state index contributed by atoms with van der Waals surface area (Å²) in [6, 6.07) is 16.7. The van der Waals surface area contributed by atoms with Crippen LogP contribution in [-0.4, -0.2) is 56.7 Å². The van der Waals surface area contributed by atoms with E-state index in [-0.39, 0.29) is 23.5 Å². The highest BCUT2D eigenvalue weighted by Crippen LogP contribution is 2.40. The first-order chi connectivity index (χ1) is 20.5. The van der Waals surface area contributed by atoms with Gasteiger partial charge >= 0.3 is 5.97 Å². The van der Waals surface area contributed by atoms with Crippen LogP contribution in [0.1, 0.15) is 49.3 Å². The van der Waals surface area contributed by atoms with Gasteiger partial charge in [0.25, 0.3) is 10.0 Å². The average Bonchev–Trinajstić information content (AvgIpc) is 2.97. The second kappa shape index (κ2) is 13.1. The number of allylic oxidation sites excluding steroid dienone is 1. The van der Waals surface area contributed by atoms with Gasteiger partial charge in [-0.05, 0) is 112 Å². The van der Waals surface area contributed by atoms with Crippen LogP contribution in [0.25, 0.3) is 11.6 Å². The number of sulfonamides is 1. The third-order valence-corrected chi connectivity index (χ3v) is 10.3. The van der Waals surface area contributed by atoms with Crippen LogP contribution in [0.4, 0.5) is 10.1 Å². The van der Waals surface area contributed by atoms with Gasteiger partial charge in [0.05, 0.1) is 28.1 Å². The number of piperidine rings is 1. The molecule has 0 amide bonds. The lowest BCUT2D eigenvalue weighted by molar-refractivity contribution is -0.143. The van der Waals surface area contributed by atoms with E-state index in [2.05, 4.69) is 4.90 Å². The molecule has 1 N–H and O–H groups in total. The molecule has 2 aliphatic rings. The number of halogens is 2. The number of aliphatic carboxylic acids is 1. The number of ether oxygens (including phenoxy) is 1. The van der Waals surface area contributed by atoms with Crippen LogP contribution >= 0.6 is 11.6 Å². The number of carboxylic acids is 1. The first-order valence-electron chi connectivity index (χ1n) is 14.5. The summed E-state index contributed by atoms with van der Waals surface area (Å²) in [6.45, 7) is 6.05. The number of aryl methyl sites for hydroxylation is 1. The molecular weight excluding hydrogens is 591 g/mol. The molecule has 1 atom stereocenters. The fourth-order valence-electron chi connectivity index (χ4n) is 5.84. The van der Waals surface area contributed by atoms with Gasteiger partial charge < -0.3 is 14.7 Å². The van der Waals surface area contributed by atoms with Crippen molar-refractivity contribution in [2.45, 2.75) is 50.5 Å². The fraction of sp³-hybridized carbons (Fsp3) is 0.364. The third kappa shape index (κ3) is 7.06. The lowest BCUT2D eigenvalue weighted by atomic mass is 9.97. The molecule has 1 fully saturated rings. The van der Waals surface area contributed by atoms with E-state index in [9.17, 15) is 22.7 Å². The molecule has 3 aromatic carbocycles. The normalized spacial score (nSPS) is 18.3. The Morgan fingerprint density at radius 3 is 2.56 bits per heavy atom. The quantitative estimate of drug-likeness (QED) is 0.261. The van der Waals surface area contributed by atoms with Crippen LogP contribution in [-0.2, 0) is 14.8 Å². The van der Waals surface area contributed by atoms with Crippen molar-refractivity contribution in [3.63, 3.8) is 0 Å². The highest BCUT2D eigenvalue weighted by atomic mass is 35.5. The molecule has 0 saturated carbocycles. The first-order valence-corrected chi connectivity index (χ1v) is 16.3.